The predicted octanol–water partition coefficient (Wildman–Crippen LogP) is 3.85. The summed E-state index contributed by atoms with van der Waals surface area (Å²) in [5.74, 6) is 0.0452. The van der Waals surface area contributed by atoms with E-state index in [0.29, 0.717) is 11.1 Å². The molecule has 2 aromatic carbocycles. The summed E-state index contributed by atoms with van der Waals surface area (Å²) in [6, 6.07) is 14.9. The maximum atomic E-state index is 13.2. The Labute approximate surface area is 130 Å². The van der Waals surface area contributed by atoms with Gasteiger partial charge < -0.3 is 4.42 Å². The summed E-state index contributed by atoms with van der Waals surface area (Å²) in [4.78, 5) is 12.0. The summed E-state index contributed by atoms with van der Waals surface area (Å²) in [5, 5.41) is 8.00. The van der Waals surface area contributed by atoms with Crippen LogP contribution in [0.3, 0.4) is 0 Å². The molecule has 0 aliphatic heterocycles. The van der Waals surface area contributed by atoms with Crippen LogP contribution in [0.15, 0.2) is 64.2 Å². The smallest absolute Gasteiger partial charge is 0.277 e. The molecule has 110 valence electrons. The molecule has 1 heterocycles. The number of Topliss-reactive ketones (excluding diaryl/α,β-unsaturated/α-hetero) is 1. The first kappa shape index (κ1) is 14.5. The molecule has 1 aromatic heterocycles. The van der Waals surface area contributed by atoms with Crippen molar-refractivity contribution in [2.24, 2.45) is 0 Å². The molecule has 0 aliphatic carbocycles. The molecule has 0 fully saturated rings. The van der Waals surface area contributed by atoms with Crippen LogP contribution in [0.25, 0.3) is 11.5 Å². The van der Waals surface area contributed by atoms with E-state index in [4.69, 9.17) is 4.42 Å². The first-order valence-electron chi connectivity index (χ1n) is 6.53. The third-order valence-electron chi connectivity index (χ3n) is 2.90. The maximum Gasteiger partial charge on any atom is 0.277 e. The number of hydrogen-bond acceptors (Lipinski definition) is 5. The van der Waals surface area contributed by atoms with Gasteiger partial charge >= 0.3 is 0 Å². The number of carbonyl (C=O) groups is 1. The van der Waals surface area contributed by atoms with Crippen molar-refractivity contribution in [2.75, 3.05) is 5.75 Å². The molecule has 0 amide bonds. The van der Waals surface area contributed by atoms with Gasteiger partial charge in [-0.25, -0.2) is 4.39 Å². The van der Waals surface area contributed by atoms with Gasteiger partial charge in [0.2, 0.25) is 5.89 Å². The Bertz CT molecular complexity index is 790. The van der Waals surface area contributed by atoms with E-state index in [-0.39, 0.29) is 28.5 Å². The molecule has 0 unspecified atom stereocenters. The molecule has 4 nitrogen and oxygen atoms in total. The summed E-state index contributed by atoms with van der Waals surface area (Å²) < 4.78 is 18.6. The zero-order chi connectivity index (χ0) is 15.4. The maximum absolute atomic E-state index is 13.2. The molecule has 0 saturated heterocycles. The fourth-order valence-corrected chi connectivity index (χ4v) is 2.50. The summed E-state index contributed by atoms with van der Waals surface area (Å²) in [7, 11) is 0. The minimum atomic E-state index is -0.371. The van der Waals surface area contributed by atoms with Gasteiger partial charge in [0, 0.05) is 11.1 Å². The van der Waals surface area contributed by atoms with Gasteiger partial charge in [-0.1, -0.05) is 48.2 Å². The average molecular weight is 314 g/mol. The van der Waals surface area contributed by atoms with Crippen molar-refractivity contribution in [1.82, 2.24) is 10.2 Å². The Morgan fingerprint density at radius 2 is 1.91 bits per heavy atom. The van der Waals surface area contributed by atoms with Crippen LogP contribution >= 0.6 is 11.8 Å². The van der Waals surface area contributed by atoms with Crippen molar-refractivity contribution in [3.8, 4) is 11.5 Å². The molecular formula is C16H11FN2O2S. The molecule has 0 bridgehead atoms. The minimum Gasteiger partial charge on any atom is -0.411 e. The van der Waals surface area contributed by atoms with Crippen LogP contribution in [-0.2, 0) is 0 Å². The molecule has 0 saturated carbocycles. The third-order valence-corrected chi connectivity index (χ3v) is 3.72. The number of benzene rings is 2. The van der Waals surface area contributed by atoms with Crippen molar-refractivity contribution in [2.45, 2.75) is 5.22 Å². The van der Waals surface area contributed by atoms with Crippen LogP contribution in [0.5, 0.6) is 0 Å². The Balaban J connectivity index is 1.66. The first-order valence-corrected chi connectivity index (χ1v) is 7.51. The Hall–Kier alpha value is -2.47. The summed E-state index contributed by atoms with van der Waals surface area (Å²) in [6.07, 6.45) is 0. The highest BCUT2D eigenvalue weighted by Crippen LogP contribution is 2.24. The van der Waals surface area contributed by atoms with Crippen molar-refractivity contribution >= 4 is 17.5 Å². The predicted molar refractivity (Wildman–Crippen MR) is 81.2 cm³/mol. The summed E-state index contributed by atoms with van der Waals surface area (Å²) in [6.45, 7) is 0. The highest BCUT2D eigenvalue weighted by Gasteiger charge is 2.12. The normalized spacial score (nSPS) is 10.6. The fraction of sp³-hybridized carbons (Fsp3) is 0.0625. The summed E-state index contributed by atoms with van der Waals surface area (Å²) >= 11 is 1.16. The standard InChI is InChI=1S/C16H11FN2O2S/c17-13-8-4-7-12(9-13)15-18-19-16(21-15)22-10-14(20)11-5-2-1-3-6-11/h1-9H,10H2. The SMILES string of the molecule is O=C(CSc1nnc(-c2cccc(F)c2)o1)c1ccccc1. The fourth-order valence-electron chi connectivity index (χ4n) is 1.84. The van der Waals surface area contributed by atoms with E-state index in [0.717, 1.165) is 11.8 Å². The topological polar surface area (TPSA) is 56.0 Å². The molecule has 0 N–H and O–H groups in total. The molecule has 6 heteroatoms. The van der Waals surface area contributed by atoms with Crippen LogP contribution < -0.4 is 0 Å². The number of halogens is 1. The molecular weight excluding hydrogens is 303 g/mol. The zero-order valence-electron chi connectivity index (χ0n) is 11.4. The highest BCUT2D eigenvalue weighted by atomic mass is 32.2. The highest BCUT2D eigenvalue weighted by molar-refractivity contribution is 7.99. The van der Waals surface area contributed by atoms with E-state index in [2.05, 4.69) is 10.2 Å². The van der Waals surface area contributed by atoms with E-state index in [1.54, 1.807) is 24.3 Å². The number of nitrogens with zero attached hydrogens (tertiary/aromatic N) is 2. The third kappa shape index (κ3) is 3.40. The number of hydrogen-bond donors (Lipinski definition) is 0. The van der Waals surface area contributed by atoms with Gasteiger partial charge in [-0.15, -0.1) is 10.2 Å². The zero-order valence-corrected chi connectivity index (χ0v) is 12.2. The van der Waals surface area contributed by atoms with Crippen molar-refractivity contribution in [3.63, 3.8) is 0 Å². The molecule has 0 spiro atoms. The Morgan fingerprint density at radius 3 is 2.68 bits per heavy atom. The lowest BCUT2D eigenvalue weighted by molar-refractivity contribution is 0.102. The van der Waals surface area contributed by atoms with Crippen LogP contribution in [0.4, 0.5) is 4.39 Å². The molecule has 3 aromatic rings. The van der Waals surface area contributed by atoms with Crippen LogP contribution in [0.2, 0.25) is 0 Å². The van der Waals surface area contributed by atoms with Gasteiger partial charge in [0.25, 0.3) is 5.22 Å². The quantitative estimate of drug-likeness (QED) is 0.529. The van der Waals surface area contributed by atoms with Crippen molar-refractivity contribution in [1.29, 1.82) is 0 Å². The molecule has 22 heavy (non-hydrogen) atoms. The van der Waals surface area contributed by atoms with E-state index in [1.165, 1.54) is 12.1 Å². The second-order valence-electron chi connectivity index (χ2n) is 4.46. The molecule has 0 atom stereocenters. The molecule has 0 radical (unpaired) electrons. The van der Waals surface area contributed by atoms with Gasteiger partial charge in [-0.2, -0.15) is 0 Å². The van der Waals surface area contributed by atoms with E-state index < -0.39 is 0 Å². The van der Waals surface area contributed by atoms with Crippen molar-refractivity contribution < 1.29 is 13.6 Å². The number of ketones is 1. The van der Waals surface area contributed by atoms with E-state index in [9.17, 15) is 9.18 Å². The molecule has 0 aliphatic rings. The second-order valence-corrected chi connectivity index (χ2v) is 5.39. The first-order chi connectivity index (χ1) is 10.7. The lowest BCUT2D eigenvalue weighted by atomic mass is 10.2. The summed E-state index contributed by atoms with van der Waals surface area (Å²) in [5.41, 5.74) is 1.15. The van der Waals surface area contributed by atoms with Crippen molar-refractivity contribution in [3.05, 3.63) is 66.0 Å². The lowest BCUT2D eigenvalue weighted by Crippen LogP contribution is -2.01. The van der Waals surface area contributed by atoms with E-state index >= 15 is 0 Å². The van der Waals surface area contributed by atoms with Gasteiger partial charge in [0.15, 0.2) is 5.78 Å². The average Bonchev–Trinajstić information content (AvgIpc) is 3.02. The Kier molecular flexibility index (Phi) is 4.29. The van der Waals surface area contributed by atoms with Crippen LogP contribution in [0.1, 0.15) is 10.4 Å². The largest absolute Gasteiger partial charge is 0.411 e. The van der Waals surface area contributed by atoms with Gasteiger partial charge in [-0.3, -0.25) is 4.79 Å². The minimum absolute atomic E-state index is 0.0175. The number of thioether (sulfide) groups is 1. The van der Waals surface area contributed by atoms with Gasteiger partial charge in [-0.05, 0) is 18.2 Å². The van der Waals surface area contributed by atoms with Crippen LogP contribution in [-0.4, -0.2) is 21.7 Å². The van der Waals surface area contributed by atoms with Crippen LogP contribution in [0, 0.1) is 5.82 Å². The van der Waals surface area contributed by atoms with E-state index in [1.807, 2.05) is 18.2 Å². The van der Waals surface area contributed by atoms with Gasteiger partial charge in [0.1, 0.15) is 5.82 Å². The lowest BCUT2D eigenvalue weighted by Gasteiger charge is -1.98. The van der Waals surface area contributed by atoms with Gasteiger partial charge in [0.05, 0.1) is 5.75 Å². The molecule has 3 rings (SSSR count). The number of carbonyl (C=O) groups excluding carboxylic acids is 1. The second kappa shape index (κ2) is 6.53. The Morgan fingerprint density at radius 1 is 1.09 bits per heavy atom. The monoisotopic (exact) mass is 314 g/mol. The number of aromatic nitrogens is 2. The number of rotatable bonds is 5.